The standard InChI is InChI=1S/C9H8.Li/c1-2-5-9-7-3-6-8(9)4-1;/h1-6H,7H2;. The van der Waals surface area contributed by atoms with Crippen molar-refractivity contribution in [2.45, 2.75) is 6.42 Å². The van der Waals surface area contributed by atoms with Gasteiger partial charge in [0.1, 0.15) is 0 Å². The molecule has 0 bridgehead atoms. The molecule has 0 fully saturated rings. The molecule has 45 valence electrons. The maximum atomic E-state index is 2.20. The number of benzene rings is 1. The Morgan fingerprint density at radius 1 is 1.10 bits per heavy atom. The first-order valence-corrected chi connectivity index (χ1v) is 3.21. The smallest absolute Gasteiger partial charge is 0 e. The minimum absolute atomic E-state index is 0. The molecule has 0 atom stereocenters. The third kappa shape index (κ3) is 1.19. The molecule has 2 rings (SSSR count). The van der Waals surface area contributed by atoms with Crippen molar-refractivity contribution < 1.29 is 0 Å². The predicted octanol–water partition coefficient (Wildman–Crippen LogP) is 1.88. The first-order chi connectivity index (χ1) is 4.47. The molecule has 0 N–H and O–H groups in total. The van der Waals surface area contributed by atoms with Crippen LogP contribution in [0.15, 0.2) is 30.3 Å². The number of allylic oxidation sites excluding steroid dienone is 1. The van der Waals surface area contributed by atoms with E-state index in [0.717, 1.165) is 6.42 Å². The van der Waals surface area contributed by atoms with Crippen molar-refractivity contribution in [3.63, 3.8) is 0 Å². The summed E-state index contributed by atoms with van der Waals surface area (Å²) in [4.78, 5) is 0. The van der Waals surface area contributed by atoms with E-state index in [2.05, 4.69) is 36.4 Å². The predicted molar refractivity (Wildman–Crippen MR) is 44.9 cm³/mol. The molecule has 0 saturated carbocycles. The summed E-state index contributed by atoms with van der Waals surface area (Å²) in [5.41, 5.74) is 2.84. The van der Waals surface area contributed by atoms with Gasteiger partial charge in [-0.3, -0.25) is 0 Å². The van der Waals surface area contributed by atoms with Gasteiger partial charge in [0.2, 0.25) is 0 Å². The summed E-state index contributed by atoms with van der Waals surface area (Å²) in [6.07, 6.45) is 5.50. The normalized spacial score (nSPS) is 12.4. The SMILES string of the molecule is C1=Cc2ccccc2C1.[Li]. The molecule has 10 heavy (non-hydrogen) atoms. The van der Waals surface area contributed by atoms with Crippen LogP contribution in [-0.2, 0) is 6.42 Å². The molecule has 0 spiro atoms. The Bertz CT molecular complexity index is 251. The van der Waals surface area contributed by atoms with Gasteiger partial charge < -0.3 is 0 Å². The average Bonchev–Trinajstić information content (AvgIpc) is 2.33. The van der Waals surface area contributed by atoms with Gasteiger partial charge in [-0.1, -0.05) is 36.4 Å². The van der Waals surface area contributed by atoms with Gasteiger partial charge in [-0.15, -0.1) is 0 Å². The molecule has 1 radical (unpaired) electrons. The third-order valence-corrected chi connectivity index (χ3v) is 1.69. The zero-order valence-electron chi connectivity index (χ0n) is 6.17. The van der Waals surface area contributed by atoms with Crippen LogP contribution in [-0.4, -0.2) is 18.9 Å². The summed E-state index contributed by atoms with van der Waals surface area (Å²) in [7, 11) is 0. The number of hydrogen-bond donors (Lipinski definition) is 0. The second-order valence-electron chi connectivity index (χ2n) is 2.31. The number of rotatable bonds is 0. The minimum Gasteiger partial charge on any atom is -0.0795 e. The van der Waals surface area contributed by atoms with Crippen LogP contribution in [0.3, 0.4) is 0 Å². The largest absolute Gasteiger partial charge is 0.0795 e. The second-order valence-corrected chi connectivity index (χ2v) is 2.31. The van der Waals surface area contributed by atoms with E-state index in [1.165, 1.54) is 11.1 Å². The molecule has 0 amide bonds. The summed E-state index contributed by atoms with van der Waals surface area (Å²) < 4.78 is 0. The van der Waals surface area contributed by atoms with Crippen LogP contribution >= 0.6 is 0 Å². The molecule has 0 heterocycles. The fourth-order valence-electron chi connectivity index (χ4n) is 1.20. The van der Waals surface area contributed by atoms with Crippen LogP contribution in [0.4, 0.5) is 0 Å². The minimum atomic E-state index is 0. The molecule has 0 aromatic heterocycles. The van der Waals surface area contributed by atoms with E-state index in [4.69, 9.17) is 0 Å². The van der Waals surface area contributed by atoms with Crippen LogP contribution in [0, 0.1) is 0 Å². The Labute approximate surface area is 73.1 Å². The van der Waals surface area contributed by atoms with Gasteiger partial charge in [0.15, 0.2) is 0 Å². The van der Waals surface area contributed by atoms with E-state index < -0.39 is 0 Å². The second kappa shape index (κ2) is 3.10. The molecule has 0 nitrogen and oxygen atoms in total. The van der Waals surface area contributed by atoms with E-state index >= 15 is 0 Å². The van der Waals surface area contributed by atoms with Crippen LogP contribution < -0.4 is 0 Å². The van der Waals surface area contributed by atoms with E-state index in [1.807, 2.05) is 0 Å². The molecular formula is C9H8Li. The fraction of sp³-hybridized carbons (Fsp3) is 0.111. The Balaban J connectivity index is 0.000000500. The molecule has 1 aliphatic carbocycles. The summed E-state index contributed by atoms with van der Waals surface area (Å²) in [5.74, 6) is 0. The van der Waals surface area contributed by atoms with Crippen LogP contribution in [0.2, 0.25) is 0 Å². The first-order valence-electron chi connectivity index (χ1n) is 3.21. The Kier molecular flexibility index (Phi) is 2.37. The maximum absolute atomic E-state index is 2.20. The first kappa shape index (κ1) is 7.66. The molecule has 1 aromatic rings. The van der Waals surface area contributed by atoms with Gasteiger partial charge in [-0.2, -0.15) is 0 Å². The summed E-state index contributed by atoms with van der Waals surface area (Å²) in [6, 6.07) is 8.49. The van der Waals surface area contributed by atoms with Crippen molar-refractivity contribution in [2.75, 3.05) is 0 Å². The van der Waals surface area contributed by atoms with Gasteiger partial charge in [0, 0.05) is 18.9 Å². The van der Waals surface area contributed by atoms with E-state index in [-0.39, 0.29) is 18.9 Å². The van der Waals surface area contributed by atoms with Crippen molar-refractivity contribution in [1.82, 2.24) is 0 Å². The van der Waals surface area contributed by atoms with Crippen molar-refractivity contribution in [1.29, 1.82) is 0 Å². The molecule has 1 aliphatic rings. The molecule has 1 aromatic carbocycles. The van der Waals surface area contributed by atoms with Crippen LogP contribution in [0.25, 0.3) is 6.08 Å². The molecule has 0 saturated heterocycles. The van der Waals surface area contributed by atoms with Crippen molar-refractivity contribution >= 4 is 24.9 Å². The Hall–Kier alpha value is -0.443. The van der Waals surface area contributed by atoms with E-state index in [9.17, 15) is 0 Å². The molecule has 0 aliphatic heterocycles. The van der Waals surface area contributed by atoms with Gasteiger partial charge in [0.25, 0.3) is 0 Å². The number of hydrogen-bond acceptors (Lipinski definition) is 0. The maximum Gasteiger partial charge on any atom is 0 e. The molecular weight excluding hydrogens is 115 g/mol. The van der Waals surface area contributed by atoms with Crippen LogP contribution in [0.5, 0.6) is 0 Å². The van der Waals surface area contributed by atoms with Crippen molar-refractivity contribution in [3.8, 4) is 0 Å². The zero-order valence-corrected chi connectivity index (χ0v) is 6.17. The molecule has 0 unspecified atom stereocenters. The average molecular weight is 123 g/mol. The third-order valence-electron chi connectivity index (χ3n) is 1.69. The van der Waals surface area contributed by atoms with Gasteiger partial charge in [-0.25, -0.2) is 0 Å². The van der Waals surface area contributed by atoms with Gasteiger partial charge in [-0.05, 0) is 17.5 Å². The van der Waals surface area contributed by atoms with E-state index in [1.54, 1.807) is 0 Å². The summed E-state index contributed by atoms with van der Waals surface area (Å²) >= 11 is 0. The Morgan fingerprint density at radius 3 is 2.70 bits per heavy atom. The number of fused-ring (bicyclic) bond motifs is 1. The Morgan fingerprint density at radius 2 is 1.90 bits per heavy atom. The topological polar surface area (TPSA) is 0 Å². The van der Waals surface area contributed by atoms with Crippen molar-refractivity contribution in [2.24, 2.45) is 0 Å². The molecule has 1 heteroatoms. The van der Waals surface area contributed by atoms with Crippen LogP contribution in [0.1, 0.15) is 11.1 Å². The van der Waals surface area contributed by atoms with Crippen molar-refractivity contribution in [3.05, 3.63) is 41.5 Å². The fourth-order valence-corrected chi connectivity index (χ4v) is 1.20. The van der Waals surface area contributed by atoms with Gasteiger partial charge in [0.05, 0.1) is 0 Å². The van der Waals surface area contributed by atoms with E-state index in [0.29, 0.717) is 0 Å². The summed E-state index contributed by atoms with van der Waals surface area (Å²) in [6.45, 7) is 0. The zero-order chi connectivity index (χ0) is 6.10. The monoisotopic (exact) mass is 123 g/mol. The van der Waals surface area contributed by atoms with Gasteiger partial charge >= 0.3 is 0 Å². The summed E-state index contributed by atoms with van der Waals surface area (Å²) in [5, 5.41) is 0. The quantitative estimate of drug-likeness (QED) is 0.462.